The Morgan fingerprint density at radius 2 is 2.11 bits per heavy atom. The number of aryl methyl sites for hydroxylation is 1. The van der Waals surface area contributed by atoms with Crippen LogP contribution in [-0.4, -0.2) is 33.2 Å². The highest BCUT2D eigenvalue weighted by molar-refractivity contribution is 7.80. The Labute approximate surface area is 119 Å². The number of aromatic nitrogens is 2. The van der Waals surface area contributed by atoms with Gasteiger partial charge in [0.1, 0.15) is 5.82 Å². The van der Waals surface area contributed by atoms with Crippen molar-refractivity contribution in [3.8, 4) is 0 Å². The maximum absolute atomic E-state index is 5.31. The third kappa shape index (κ3) is 2.87. The van der Waals surface area contributed by atoms with Crippen LogP contribution >= 0.6 is 12.2 Å². The molecule has 1 heterocycles. The summed E-state index contributed by atoms with van der Waals surface area (Å²) in [6, 6.07) is 8.23. The smallest absolute Gasteiger partial charge is 0.169 e. The molecule has 1 aromatic carbocycles. The van der Waals surface area contributed by atoms with E-state index in [2.05, 4.69) is 22.9 Å². The van der Waals surface area contributed by atoms with Gasteiger partial charge in [-0.2, -0.15) is 0 Å². The van der Waals surface area contributed by atoms with E-state index < -0.39 is 0 Å². The predicted octanol–water partition coefficient (Wildman–Crippen LogP) is 2.38. The Morgan fingerprint density at radius 1 is 1.37 bits per heavy atom. The number of hydrogen-bond acceptors (Lipinski definition) is 2. The van der Waals surface area contributed by atoms with Crippen molar-refractivity contribution < 1.29 is 0 Å². The largest absolute Gasteiger partial charge is 0.363 e. The Bertz CT molecular complexity index is 576. The van der Waals surface area contributed by atoms with Gasteiger partial charge in [0.2, 0.25) is 0 Å². The highest BCUT2D eigenvalue weighted by atomic mass is 32.1. The molecule has 1 N–H and O–H groups in total. The number of nitrogens with one attached hydrogen (secondary N) is 1. The van der Waals surface area contributed by atoms with Gasteiger partial charge >= 0.3 is 0 Å². The standard InChI is InChI=1S/C14H20N4S/c1-4-15-14(19)17(3)10-13-16-11-8-6-7-9-12(11)18(13)5-2/h6-9H,4-5,10H2,1-3H3,(H,15,19). The van der Waals surface area contributed by atoms with Gasteiger partial charge in [0.15, 0.2) is 5.11 Å². The van der Waals surface area contributed by atoms with Crippen molar-refractivity contribution in [2.45, 2.75) is 26.9 Å². The molecular formula is C14H20N4S. The fourth-order valence-corrected chi connectivity index (χ4v) is 2.38. The number of benzene rings is 1. The second-order valence-electron chi connectivity index (χ2n) is 4.45. The van der Waals surface area contributed by atoms with Crippen LogP contribution in [-0.2, 0) is 13.1 Å². The van der Waals surface area contributed by atoms with Crippen LogP contribution in [0.1, 0.15) is 19.7 Å². The van der Waals surface area contributed by atoms with Crippen molar-refractivity contribution in [3.05, 3.63) is 30.1 Å². The predicted molar refractivity (Wildman–Crippen MR) is 83.1 cm³/mol. The van der Waals surface area contributed by atoms with Gasteiger partial charge in [0.05, 0.1) is 17.6 Å². The van der Waals surface area contributed by atoms with Crippen LogP contribution in [0.2, 0.25) is 0 Å². The van der Waals surface area contributed by atoms with Gasteiger partial charge in [-0.05, 0) is 38.2 Å². The molecule has 0 amide bonds. The van der Waals surface area contributed by atoms with E-state index in [1.165, 1.54) is 5.52 Å². The molecule has 4 nitrogen and oxygen atoms in total. The van der Waals surface area contributed by atoms with Crippen molar-refractivity contribution in [2.24, 2.45) is 0 Å². The van der Waals surface area contributed by atoms with Gasteiger partial charge < -0.3 is 14.8 Å². The number of thiocarbonyl (C=S) groups is 1. The Morgan fingerprint density at radius 3 is 2.79 bits per heavy atom. The molecule has 0 unspecified atom stereocenters. The topological polar surface area (TPSA) is 33.1 Å². The molecule has 0 atom stereocenters. The summed E-state index contributed by atoms with van der Waals surface area (Å²) in [5, 5.41) is 3.92. The summed E-state index contributed by atoms with van der Waals surface area (Å²) in [7, 11) is 1.99. The van der Waals surface area contributed by atoms with Crippen LogP contribution in [0.15, 0.2) is 24.3 Å². The molecule has 0 saturated carbocycles. The average Bonchev–Trinajstić information content (AvgIpc) is 2.75. The van der Waals surface area contributed by atoms with Crippen LogP contribution in [0, 0.1) is 0 Å². The lowest BCUT2D eigenvalue weighted by atomic mass is 10.3. The summed E-state index contributed by atoms with van der Waals surface area (Å²) in [5.41, 5.74) is 2.23. The zero-order chi connectivity index (χ0) is 13.8. The summed E-state index contributed by atoms with van der Waals surface area (Å²) in [5.74, 6) is 1.05. The molecular weight excluding hydrogens is 256 g/mol. The Hall–Kier alpha value is -1.62. The molecule has 0 saturated heterocycles. The lowest BCUT2D eigenvalue weighted by Crippen LogP contribution is -2.36. The Balaban J connectivity index is 2.27. The van der Waals surface area contributed by atoms with Crippen molar-refractivity contribution in [1.29, 1.82) is 0 Å². The summed E-state index contributed by atoms with van der Waals surface area (Å²) >= 11 is 5.31. The van der Waals surface area contributed by atoms with Crippen LogP contribution in [0.3, 0.4) is 0 Å². The lowest BCUT2D eigenvalue weighted by molar-refractivity contribution is 0.462. The molecule has 0 radical (unpaired) electrons. The number of imidazole rings is 1. The van der Waals surface area contributed by atoms with E-state index >= 15 is 0 Å². The first-order chi connectivity index (χ1) is 9.17. The molecule has 5 heteroatoms. The van der Waals surface area contributed by atoms with Gasteiger partial charge in [-0.15, -0.1) is 0 Å². The minimum absolute atomic E-state index is 0.717. The first-order valence-corrected chi connectivity index (χ1v) is 7.01. The van der Waals surface area contributed by atoms with E-state index in [9.17, 15) is 0 Å². The lowest BCUT2D eigenvalue weighted by Gasteiger charge is -2.20. The molecule has 0 spiro atoms. The molecule has 2 aromatic rings. The van der Waals surface area contributed by atoms with E-state index in [-0.39, 0.29) is 0 Å². The van der Waals surface area contributed by atoms with E-state index in [0.29, 0.717) is 6.54 Å². The van der Waals surface area contributed by atoms with Crippen molar-refractivity contribution >= 4 is 28.4 Å². The summed E-state index contributed by atoms with van der Waals surface area (Å²) in [6.07, 6.45) is 0. The van der Waals surface area contributed by atoms with Crippen LogP contribution in [0.25, 0.3) is 11.0 Å². The fourth-order valence-electron chi connectivity index (χ4n) is 2.17. The van der Waals surface area contributed by atoms with Crippen LogP contribution in [0.4, 0.5) is 0 Å². The van der Waals surface area contributed by atoms with Crippen molar-refractivity contribution in [1.82, 2.24) is 19.8 Å². The van der Waals surface area contributed by atoms with Gasteiger partial charge in [-0.3, -0.25) is 0 Å². The molecule has 19 heavy (non-hydrogen) atoms. The Kier molecular flexibility index (Phi) is 4.37. The molecule has 1 aromatic heterocycles. The highest BCUT2D eigenvalue weighted by Gasteiger charge is 2.12. The number of fused-ring (bicyclic) bond motifs is 1. The third-order valence-corrected chi connectivity index (χ3v) is 3.56. The molecule has 0 fully saturated rings. The molecule has 0 aliphatic rings. The maximum Gasteiger partial charge on any atom is 0.169 e. The molecule has 2 rings (SSSR count). The molecule has 0 aliphatic carbocycles. The highest BCUT2D eigenvalue weighted by Crippen LogP contribution is 2.16. The molecule has 0 aliphatic heterocycles. The first kappa shape index (κ1) is 13.8. The molecule has 102 valence electrons. The number of nitrogens with zero attached hydrogens (tertiary/aromatic N) is 3. The number of rotatable bonds is 4. The maximum atomic E-state index is 5.31. The number of hydrogen-bond donors (Lipinski definition) is 1. The van der Waals surface area contributed by atoms with Crippen LogP contribution < -0.4 is 5.32 Å². The average molecular weight is 276 g/mol. The summed E-state index contributed by atoms with van der Waals surface area (Å²) in [4.78, 5) is 6.72. The van der Waals surface area contributed by atoms with E-state index in [1.807, 2.05) is 37.1 Å². The van der Waals surface area contributed by atoms with E-state index in [0.717, 1.165) is 29.5 Å². The fraction of sp³-hybridized carbons (Fsp3) is 0.429. The van der Waals surface area contributed by atoms with Gasteiger partial charge in [0.25, 0.3) is 0 Å². The third-order valence-electron chi connectivity index (χ3n) is 3.10. The zero-order valence-corrected chi connectivity index (χ0v) is 12.5. The van der Waals surface area contributed by atoms with Crippen molar-refractivity contribution in [3.63, 3.8) is 0 Å². The molecule has 0 bridgehead atoms. The SMILES string of the molecule is CCNC(=S)N(C)Cc1nc2ccccc2n1CC. The normalized spacial score (nSPS) is 10.7. The van der Waals surface area contributed by atoms with E-state index in [4.69, 9.17) is 17.2 Å². The summed E-state index contributed by atoms with van der Waals surface area (Å²) < 4.78 is 2.24. The zero-order valence-electron chi connectivity index (χ0n) is 11.7. The number of para-hydroxylation sites is 2. The minimum Gasteiger partial charge on any atom is -0.363 e. The monoisotopic (exact) mass is 276 g/mol. The van der Waals surface area contributed by atoms with Crippen LogP contribution in [0.5, 0.6) is 0 Å². The minimum atomic E-state index is 0.717. The van der Waals surface area contributed by atoms with Gasteiger partial charge in [0, 0.05) is 20.1 Å². The van der Waals surface area contributed by atoms with Gasteiger partial charge in [-0.1, -0.05) is 12.1 Å². The quantitative estimate of drug-likeness (QED) is 0.869. The summed E-state index contributed by atoms with van der Waals surface area (Å²) in [6.45, 7) is 6.65. The second-order valence-corrected chi connectivity index (χ2v) is 4.84. The van der Waals surface area contributed by atoms with E-state index in [1.54, 1.807) is 0 Å². The van der Waals surface area contributed by atoms with Gasteiger partial charge in [-0.25, -0.2) is 4.98 Å². The second kappa shape index (κ2) is 6.02. The van der Waals surface area contributed by atoms with Crippen molar-refractivity contribution in [2.75, 3.05) is 13.6 Å². The first-order valence-electron chi connectivity index (χ1n) is 6.60.